The number of halogens is 1. The third kappa shape index (κ3) is 3.37. The first kappa shape index (κ1) is 15.8. The number of hydrogen-bond acceptors (Lipinski definition) is 3. The van der Waals surface area contributed by atoms with Crippen LogP contribution in [0.25, 0.3) is 10.9 Å². The highest BCUT2D eigenvalue weighted by atomic mass is 35.5. The second-order valence-electron chi connectivity index (χ2n) is 4.89. The van der Waals surface area contributed by atoms with Gasteiger partial charge in [-0.05, 0) is 12.5 Å². The largest absolute Gasteiger partial charge is 0.391 e. The highest BCUT2D eigenvalue weighted by Gasteiger charge is 2.19. The van der Waals surface area contributed by atoms with E-state index in [4.69, 9.17) is 16.3 Å². The number of aryl methyl sites for hydroxylation is 1. The summed E-state index contributed by atoms with van der Waals surface area (Å²) in [7, 11) is 3.33. The molecule has 0 aliphatic rings. The number of aromatic nitrogens is 1. The second-order valence-corrected chi connectivity index (χ2v) is 5.27. The molecule has 2 N–H and O–H groups in total. The number of methoxy groups -OCH3 is 1. The van der Waals surface area contributed by atoms with E-state index < -0.39 is 6.10 Å². The Balaban J connectivity index is 2.09. The van der Waals surface area contributed by atoms with Gasteiger partial charge in [0, 0.05) is 31.6 Å². The van der Waals surface area contributed by atoms with E-state index in [0.717, 1.165) is 10.9 Å². The van der Waals surface area contributed by atoms with Crippen LogP contribution in [0.1, 0.15) is 16.9 Å². The van der Waals surface area contributed by atoms with Gasteiger partial charge in [0.25, 0.3) is 5.91 Å². The number of rotatable bonds is 6. The van der Waals surface area contributed by atoms with Gasteiger partial charge in [-0.2, -0.15) is 0 Å². The summed E-state index contributed by atoms with van der Waals surface area (Å²) in [5.74, 6) is -0.247. The van der Waals surface area contributed by atoms with Crippen molar-refractivity contribution >= 4 is 28.4 Å². The van der Waals surface area contributed by atoms with Gasteiger partial charge in [-0.15, -0.1) is 0 Å². The molecule has 1 aromatic carbocycles. The molecule has 6 heteroatoms. The minimum atomic E-state index is -0.585. The fourth-order valence-corrected chi connectivity index (χ4v) is 2.68. The Hall–Kier alpha value is -1.56. The monoisotopic (exact) mass is 310 g/mol. The van der Waals surface area contributed by atoms with Crippen molar-refractivity contribution < 1.29 is 14.6 Å². The number of nitrogens with zero attached hydrogens (tertiary/aromatic N) is 1. The summed E-state index contributed by atoms with van der Waals surface area (Å²) in [6.45, 7) is 0.617. The lowest BCUT2D eigenvalue weighted by Crippen LogP contribution is -2.29. The van der Waals surface area contributed by atoms with Gasteiger partial charge in [0.1, 0.15) is 5.69 Å². The topological polar surface area (TPSA) is 63.5 Å². The molecule has 1 heterocycles. The lowest BCUT2D eigenvalue weighted by atomic mass is 10.2. The zero-order chi connectivity index (χ0) is 15.4. The number of aliphatic hydroxyl groups excluding tert-OH is 1. The fraction of sp³-hybridized carbons (Fsp3) is 0.400. The van der Waals surface area contributed by atoms with Crippen molar-refractivity contribution in [2.75, 3.05) is 20.3 Å². The Labute approximate surface area is 128 Å². The van der Waals surface area contributed by atoms with Crippen molar-refractivity contribution in [3.63, 3.8) is 0 Å². The number of para-hydroxylation sites is 1. The van der Waals surface area contributed by atoms with Crippen LogP contribution in [0.15, 0.2) is 24.3 Å². The molecular formula is C15H19ClN2O3. The van der Waals surface area contributed by atoms with E-state index in [2.05, 4.69) is 5.32 Å². The molecule has 21 heavy (non-hydrogen) atoms. The number of aliphatic hydroxyl groups is 1. The van der Waals surface area contributed by atoms with Crippen LogP contribution in [0.2, 0.25) is 5.02 Å². The first-order valence-corrected chi connectivity index (χ1v) is 7.12. The predicted octanol–water partition coefficient (Wildman–Crippen LogP) is 1.96. The van der Waals surface area contributed by atoms with Gasteiger partial charge in [0.2, 0.25) is 0 Å². The summed E-state index contributed by atoms with van der Waals surface area (Å²) < 4.78 is 6.61. The molecule has 0 aliphatic heterocycles. The number of ether oxygens (including phenoxy) is 1. The minimum Gasteiger partial charge on any atom is -0.391 e. The Morgan fingerprint density at radius 2 is 2.19 bits per heavy atom. The summed E-state index contributed by atoms with van der Waals surface area (Å²) >= 11 is 6.30. The van der Waals surface area contributed by atoms with Gasteiger partial charge in [-0.25, -0.2) is 0 Å². The summed E-state index contributed by atoms with van der Waals surface area (Å²) in [5.41, 5.74) is 1.34. The highest BCUT2D eigenvalue weighted by molar-refractivity contribution is 6.38. The van der Waals surface area contributed by atoms with Gasteiger partial charge < -0.3 is 19.7 Å². The van der Waals surface area contributed by atoms with Gasteiger partial charge in [0.05, 0.1) is 17.7 Å². The Kier molecular flexibility index (Phi) is 5.22. The standard InChI is InChI=1S/C15H19ClN2O3/c1-18-12-6-4-3-5-11(12)13(16)14(18)15(20)17-8-7-10(19)9-21-2/h3-6,10,19H,7-9H2,1-2H3,(H,17,20). The lowest BCUT2D eigenvalue weighted by Gasteiger charge is -2.10. The van der Waals surface area contributed by atoms with E-state index in [1.54, 1.807) is 4.57 Å². The summed E-state index contributed by atoms with van der Waals surface area (Å²) in [4.78, 5) is 12.3. The van der Waals surface area contributed by atoms with E-state index >= 15 is 0 Å². The van der Waals surface area contributed by atoms with Crippen LogP contribution in [0.4, 0.5) is 0 Å². The number of amides is 1. The van der Waals surface area contributed by atoms with Gasteiger partial charge in [-0.3, -0.25) is 4.79 Å². The third-order valence-electron chi connectivity index (χ3n) is 3.38. The van der Waals surface area contributed by atoms with Crippen LogP contribution < -0.4 is 5.32 Å². The smallest absolute Gasteiger partial charge is 0.269 e. The maximum absolute atomic E-state index is 12.3. The van der Waals surface area contributed by atoms with Crippen molar-refractivity contribution in [2.45, 2.75) is 12.5 Å². The Bertz CT molecular complexity index is 600. The molecule has 1 unspecified atom stereocenters. The summed E-state index contributed by atoms with van der Waals surface area (Å²) in [6.07, 6.45) is -0.153. The number of nitrogens with one attached hydrogen (secondary N) is 1. The van der Waals surface area contributed by atoms with Crippen LogP contribution in [0, 0.1) is 0 Å². The molecular weight excluding hydrogens is 292 g/mol. The number of carbonyl (C=O) groups excluding carboxylic acids is 1. The van der Waals surface area contributed by atoms with Crippen molar-refractivity contribution in [2.24, 2.45) is 7.05 Å². The van der Waals surface area contributed by atoms with E-state index in [0.29, 0.717) is 23.7 Å². The van der Waals surface area contributed by atoms with Crippen molar-refractivity contribution in [1.82, 2.24) is 9.88 Å². The third-order valence-corrected chi connectivity index (χ3v) is 3.77. The average Bonchev–Trinajstić information content (AvgIpc) is 2.72. The molecule has 2 rings (SSSR count). The van der Waals surface area contributed by atoms with Crippen LogP contribution >= 0.6 is 11.6 Å². The SMILES string of the molecule is COCC(O)CCNC(=O)c1c(Cl)c2ccccc2n1C. The summed E-state index contributed by atoms with van der Waals surface area (Å²) in [5, 5.41) is 13.6. The van der Waals surface area contributed by atoms with Gasteiger partial charge >= 0.3 is 0 Å². The minimum absolute atomic E-state index is 0.247. The van der Waals surface area contributed by atoms with E-state index in [-0.39, 0.29) is 12.5 Å². The molecule has 0 spiro atoms. The molecule has 2 aromatic rings. The fourth-order valence-electron chi connectivity index (χ4n) is 2.31. The molecule has 1 amide bonds. The number of fused-ring (bicyclic) bond motifs is 1. The molecule has 0 aliphatic carbocycles. The molecule has 0 fully saturated rings. The molecule has 114 valence electrons. The Morgan fingerprint density at radius 1 is 1.48 bits per heavy atom. The summed E-state index contributed by atoms with van der Waals surface area (Å²) in [6, 6.07) is 7.59. The molecule has 1 aromatic heterocycles. The van der Waals surface area contributed by atoms with Crippen LogP contribution in [0.3, 0.4) is 0 Å². The molecule has 0 radical (unpaired) electrons. The molecule has 0 saturated heterocycles. The molecule has 1 atom stereocenters. The maximum atomic E-state index is 12.3. The van der Waals surface area contributed by atoms with Gasteiger partial charge in [-0.1, -0.05) is 29.8 Å². The van der Waals surface area contributed by atoms with E-state index in [1.807, 2.05) is 31.3 Å². The lowest BCUT2D eigenvalue weighted by molar-refractivity contribution is 0.0587. The zero-order valence-corrected chi connectivity index (χ0v) is 12.9. The second kappa shape index (κ2) is 6.93. The zero-order valence-electron chi connectivity index (χ0n) is 12.1. The quantitative estimate of drug-likeness (QED) is 0.857. The van der Waals surface area contributed by atoms with E-state index in [9.17, 15) is 9.90 Å². The maximum Gasteiger partial charge on any atom is 0.269 e. The first-order chi connectivity index (χ1) is 10.1. The first-order valence-electron chi connectivity index (χ1n) is 6.74. The average molecular weight is 311 g/mol. The number of benzene rings is 1. The number of carbonyl (C=O) groups is 1. The molecule has 0 bridgehead atoms. The normalized spacial score (nSPS) is 12.6. The van der Waals surface area contributed by atoms with Crippen molar-refractivity contribution in [3.8, 4) is 0 Å². The van der Waals surface area contributed by atoms with Crippen LogP contribution in [-0.2, 0) is 11.8 Å². The predicted molar refractivity (Wildman–Crippen MR) is 82.8 cm³/mol. The number of hydrogen-bond donors (Lipinski definition) is 2. The highest BCUT2D eigenvalue weighted by Crippen LogP contribution is 2.29. The van der Waals surface area contributed by atoms with Gasteiger partial charge in [0.15, 0.2) is 0 Å². The molecule has 0 saturated carbocycles. The van der Waals surface area contributed by atoms with Crippen LogP contribution in [0.5, 0.6) is 0 Å². The van der Waals surface area contributed by atoms with Crippen molar-refractivity contribution in [3.05, 3.63) is 35.0 Å². The van der Waals surface area contributed by atoms with Crippen molar-refractivity contribution in [1.29, 1.82) is 0 Å². The van der Waals surface area contributed by atoms with Crippen LogP contribution in [-0.4, -0.2) is 41.9 Å². The van der Waals surface area contributed by atoms with E-state index in [1.165, 1.54) is 7.11 Å². The Morgan fingerprint density at radius 3 is 2.86 bits per heavy atom. The molecule has 5 nitrogen and oxygen atoms in total.